The van der Waals surface area contributed by atoms with Gasteiger partial charge < -0.3 is 0 Å². The van der Waals surface area contributed by atoms with Crippen molar-refractivity contribution in [3.8, 4) is 0 Å². The standard InChI is InChI=1S/C10H12N2/c1-2-8-6-10(8,4-1)9-3-5-11-7-12-9/h3,5,7-8H,1-2,4,6H2. The topological polar surface area (TPSA) is 25.8 Å². The van der Waals surface area contributed by atoms with Crippen LogP contribution in [-0.4, -0.2) is 9.97 Å². The first-order valence-corrected chi connectivity index (χ1v) is 4.68. The highest BCUT2D eigenvalue weighted by Gasteiger charge is 2.58. The molecule has 0 spiro atoms. The molecule has 2 aliphatic rings. The molecule has 0 aromatic carbocycles. The number of hydrogen-bond donors (Lipinski definition) is 0. The van der Waals surface area contributed by atoms with Gasteiger partial charge in [-0.15, -0.1) is 0 Å². The molecule has 2 aliphatic carbocycles. The third-order valence-corrected chi connectivity index (χ3v) is 3.50. The summed E-state index contributed by atoms with van der Waals surface area (Å²) in [5, 5.41) is 0. The van der Waals surface area contributed by atoms with E-state index in [9.17, 15) is 0 Å². The van der Waals surface area contributed by atoms with E-state index in [0.717, 1.165) is 5.92 Å². The molecule has 0 aliphatic heterocycles. The first-order chi connectivity index (χ1) is 5.92. The highest BCUT2D eigenvalue weighted by molar-refractivity contribution is 5.28. The molecule has 3 rings (SSSR count). The Hall–Kier alpha value is -0.920. The van der Waals surface area contributed by atoms with E-state index >= 15 is 0 Å². The van der Waals surface area contributed by atoms with E-state index in [2.05, 4.69) is 16.0 Å². The van der Waals surface area contributed by atoms with E-state index in [4.69, 9.17) is 0 Å². The van der Waals surface area contributed by atoms with Crippen molar-refractivity contribution in [2.45, 2.75) is 31.1 Å². The molecule has 2 heteroatoms. The molecule has 0 bridgehead atoms. The van der Waals surface area contributed by atoms with Crippen molar-refractivity contribution in [1.29, 1.82) is 0 Å². The lowest BCUT2D eigenvalue weighted by atomic mass is 9.99. The number of nitrogens with zero attached hydrogens (tertiary/aromatic N) is 2. The van der Waals surface area contributed by atoms with Gasteiger partial charge in [0.2, 0.25) is 0 Å². The molecule has 62 valence electrons. The molecule has 1 aromatic rings. The van der Waals surface area contributed by atoms with Gasteiger partial charge in [0.15, 0.2) is 0 Å². The fourth-order valence-corrected chi connectivity index (χ4v) is 2.76. The smallest absolute Gasteiger partial charge is 0.115 e. The van der Waals surface area contributed by atoms with Gasteiger partial charge in [-0.05, 0) is 31.2 Å². The van der Waals surface area contributed by atoms with Crippen LogP contribution >= 0.6 is 0 Å². The number of hydrogen-bond acceptors (Lipinski definition) is 2. The lowest BCUT2D eigenvalue weighted by Gasteiger charge is -2.09. The Morgan fingerprint density at radius 2 is 2.50 bits per heavy atom. The zero-order valence-electron chi connectivity index (χ0n) is 7.03. The molecule has 2 atom stereocenters. The first-order valence-electron chi connectivity index (χ1n) is 4.68. The summed E-state index contributed by atoms with van der Waals surface area (Å²) in [6, 6.07) is 2.09. The van der Waals surface area contributed by atoms with Crippen LogP contribution in [-0.2, 0) is 5.41 Å². The Kier molecular flexibility index (Phi) is 1.13. The van der Waals surface area contributed by atoms with Crippen molar-refractivity contribution < 1.29 is 0 Å². The predicted molar refractivity (Wildman–Crippen MR) is 45.7 cm³/mol. The van der Waals surface area contributed by atoms with Crippen LogP contribution in [0.25, 0.3) is 0 Å². The van der Waals surface area contributed by atoms with Gasteiger partial charge in [0.25, 0.3) is 0 Å². The molecule has 1 heterocycles. The highest BCUT2D eigenvalue weighted by atomic mass is 14.9. The van der Waals surface area contributed by atoms with Crippen LogP contribution in [0.5, 0.6) is 0 Å². The zero-order chi connectivity index (χ0) is 8.02. The molecule has 12 heavy (non-hydrogen) atoms. The summed E-state index contributed by atoms with van der Waals surface area (Å²) in [5.74, 6) is 0.951. The largest absolute Gasteiger partial charge is 0.245 e. The SMILES string of the molecule is c1cc(C23CCCC2C3)ncn1. The average Bonchev–Trinajstić information content (AvgIpc) is 2.72. The molecular weight excluding hydrogens is 148 g/mol. The second-order valence-corrected chi connectivity index (χ2v) is 4.04. The van der Waals surface area contributed by atoms with Crippen molar-refractivity contribution in [3.63, 3.8) is 0 Å². The predicted octanol–water partition coefficient (Wildman–Crippen LogP) is 1.92. The summed E-state index contributed by atoms with van der Waals surface area (Å²) in [5.41, 5.74) is 1.79. The molecule has 0 radical (unpaired) electrons. The van der Waals surface area contributed by atoms with E-state index in [1.54, 1.807) is 6.33 Å². The Morgan fingerprint density at radius 1 is 1.50 bits per heavy atom. The van der Waals surface area contributed by atoms with Gasteiger partial charge in [0.1, 0.15) is 6.33 Å². The van der Waals surface area contributed by atoms with Crippen LogP contribution in [0.15, 0.2) is 18.6 Å². The Balaban J connectivity index is 2.00. The minimum absolute atomic E-state index is 0.503. The maximum absolute atomic E-state index is 4.36. The summed E-state index contributed by atoms with van der Waals surface area (Å²) in [6.45, 7) is 0. The number of aromatic nitrogens is 2. The van der Waals surface area contributed by atoms with E-state index in [-0.39, 0.29) is 0 Å². The number of fused-ring (bicyclic) bond motifs is 1. The molecule has 2 saturated carbocycles. The summed E-state index contributed by atoms with van der Waals surface area (Å²) in [6.07, 6.45) is 9.10. The maximum Gasteiger partial charge on any atom is 0.115 e. The van der Waals surface area contributed by atoms with Crippen LogP contribution in [0.3, 0.4) is 0 Å². The van der Waals surface area contributed by atoms with Crippen molar-refractivity contribution in [1.82, 2.24) is 9.97 Å². The Labute approximate surface area is 72.0 Å². The van der Waals surface area contributed by atoms with Crippen molar-refractivity contribution in [2.24, 2.45) is 5.92 Å². The van der Waals surface area contributed by atoms with Gasteiger partial charge in [-0.1, -0.05) is 6.42 Å². The quantitative estimate of drug-likeness (QED) is 0.627. The van der Waals surface area contributed by atoms with Crippen LogP contribution < -0.4 is 0 Å². The van der Waals surface area contributed by atoms with Crippen LogP contribution in [0.4, 0.5) is 0 Å². The Bertz CT molecular complexity index is 296. The van der Waals surface area contributed by atoms with Gasteiger partial charge in [0, 0.05) is 11.6 Å². The van der Waals surface area contributed by atoms with Crippen LogP contribution in [0.1, 0.15) is 31.4 Å². The first kappa shape index (κ1) is 6.58. The van der Waals surface area contributed by atoms with Gasteiger partial charge in [-0.2, -0.15) is 0 Å². The molecule has 2 fully saturated rings. The molecule has 1 aromatic heterocycles. The maximum atomic E-state index is 4.36. The van der Waals surface area contributed by atoms with Crippen LogP contribution in [0, 0.1) is 5.92 Å². The van der Waals surface area contributed by atoms with E-state index in [1.807, 2.05) is 6.20 Å². The molecular formula is C10H12N2. The molecule has 0 amide bonds. The van der Waals surface area contributed by atoms with E-state index in [0.29, 0.717) is 5.41 Å². The fourth-order valence-electron chi connectivity index (χ4n) is 2.76. The third-order valence-electron chi connectivity index (χ3n) is 3.50. The van der Waals surface area contributed by atoms with E-state index < -0.39 is 0 Å². The van der Waals surface area contributed by atoms with Gasteiger partial charge in [-0.25, -0.2) is 9.97 Å². The van der Waals surface area contributed by atoms with E-state index in [1.165, 1.54) is 31.4 Å². The summed E-state index contributed by atoms with van der Waals surface area (Å²) in [4.78, 5) is 8.32. The summed E-state index contributed by atoms with van der Waals surface area (Å²) in [7, 11) is 0. The second-order valence-electron chi connectivity index (χ2n) is 4.04. The normalized spacial score (nSPS) is 37.8. The monoisotopic (exact) mass is 160 g/mol. The highest BCUT2D eigenvalue weighted by Crippen LogP contribution is 2.63. The minimum Gasteiger partial charge on any atom is -0.245 e. The van der Waals surface area contributed by atoms with Crippen LogP contribution in [0.2, 0.25) is 0 Å². The number of rotatable bonds is 1. The van der Waals surface area contributed by atoms with Crippen molar-refractivity contribution in [2.75, 3.05) is 0 Å². The molecule has 0 saturated heterocycles. The lowest BCUT2D eigenvalue weighted by Crippen LogP contribution is -2.07. The third kappa shape index (κ3) is 0.701. The molecule has 2 nitrogen and oxygen atoms in total. The molecule has 0 N–H and O–H groups in total. The lowest BCUT2D eigenvalue weighted by molar-refractivity contribution is 0.633. The fraction of sp³-hybridized carbons (Fsp3) is 0.600. The zero-order valence-corrected chi connectivity index (χ0v) is 7.03. The van der Waals surface area contributed by atoms with Gasteiger partial charge in [0.05, 0.1) is 5.69 Å². The molecule has 2 unspecified atom stereocenters. The van der Waals surface area contributed by atoms with Crippen molar-refractivity contribution in [3.05, 3.63) is 24.3 Å². The summed E-state index contributed by atoms with van der Waals surface area (Å²) >= 11 is 0. The minimum atomic E-state index is 0.503. The average molecular weight is 160 g/mol. The Morgan fingerprint density at radius 3 is 3.08 bits per heavy atom. The summed E-state index contributed by atoms with van der Waals surface area (Å²) < 4.78 is 0. The van der Waals surface area contributed by atoms with Gasteiger partial charge in [-0.3, -0.25) is 0 Å². The van der Waals surface area contributed by atoms with Gasteiger partial charge >= 0.3 is 0 Å². The van der Waals surface area contributed by atoms with Crippen molar-refractivity contribution >= 4 is 0 Å². The second kappa shape index (κ2) is 2.06.